The SMILES string of the molecule is CCCCCCC(C)(CCCCC)c1c(Cl)nn(C)c1I. The normalized spacial score (nSPS) is 14.4. The topological polar surface area (TPSA) is 17.8 Å². The van der Waals surface area contributed by atoms with Crippen LogP contribution in [0.2, 0.25) is 5.15 Å². The summed E-state index contributed by atoms with van der Waals surface area (Å²) >= 11 is 8.85. The molecule has 1 rings (SSSR count). The third-order valence-electron chi connectivity index (χ3n) is 4.45. The van der Waals surface area contributed by atoms with Gasteiger partial charge in [-0.2, -0.15) is 5.10 Å². The summed E-state index contributed by atoms with van der Waals surface area (Å²) in [5.41, 5.74) is 1.45. The average molecular weight is 425 g/mol. The second-order valence-electron chi connectivity index (χ2n) is 6.41. The maximum Gasteiger partial charge on any atom is 0.155 e. The Morgan fingerprint density at radius 3 is 2.05 bits per heavy atom. The first-order valence-electron chi connectivity index (χ1n) is 8.34. The molecule has 0 spiro atoms. The van der Waals surface area contributed by atoms with E-state index in [2.05, 4.69) is 48.5 Å². The molecule has 0 saturated heterocycles. The average Bonchev–Trinajstić information content (AvgIpc) is 2.69. The molecule has 122 valence electrons. The lowest BCUT2D eigenvalue weighted by Crippen LogP contribution is -2.23. The van der Waals surface area contributed by atoms with E-state index in [-0.39, 0.29) is 5.41 Å². The Kier molecular flexibility index (Phi) is 8.62. The highest BCUT2D eigenvalue weighted by atomic mass is 127. The van der Waals surface area contributed by atoms with E-state index < -0.39 is 0 Å². The van der Waals surface area contributed by atoms with Crippen LogP contribution >= 0.6 is 34.2 Å². The van der Waals surface area contributed by atoms with Gasteiger partial charge in [0, 0.05) is 12.6 Å². The Morgan fingerprint density at radius 1 is 1.05 bits per heavy atom. The molecule has 0 aromatic carbocycles. The van der Waals surface area contributed by atoms with Crippen LogP contribution in [0, 0.1) is 3.70 Å². The predicted octanol–water partition coefficient (Wildman–Crippen LogP) is 6.49. The molecule has 0 bridgehead atoms. The molecule has 0 fully saturated rings. The van der Waals surface area contributed by atoms with Gasteiger partial charge < -0.3 is 0 Å². The molecule has 0 N–H and O–H groups in total. The van der Waals surface area contributed by atoms with Gasteiger partial charge in [-0.05, 0) is 40.8 Å². The van der Waals surface area contributed by atoms with Crippen LogP contribution in [0.5, 0.6) is 0 Å². The summed E-state index contributed by atoms with van der Waals surface area (Å²) < 4.78 is 3.12. The summed E-state index contributed by atoms with van der Waals surface area (Å²) in [6, 6.07) is 0. The smallest absolute Gasteiger partial charge is 0.155 e. The molecule has 4 heteroatoms. The number of nitrogens with zero attached hydrogens (tertiary/aromatic N) is 2. The number of hydrogen-bond acceptors (Lipinski definition) is 1. The summed E-state index contributed by atoms with van der Waals surface area (Å²) in [6.45, 7) is 6.92. The molecule has 1 aromatic heterocycles. The molecular weight excluding hydrogens is 395 g/mol. The number of unbranched alkanes of at least 4 members (excludes halogenated alkanes) is 5. The van der Waals surface area contributed by atoms with E-state index in [1.54, 1.807) is 0 Å². The molecular formula is C17H30ClIN2. The van der Waals surface area contributed by atoms with Gasteiger partial charge in [0.15, 0.2) is 5.15 Å². The van der Waals surface area contributed by atoms with Crippen molar-refractivity contribution in [2.75, 3.05) is 0 Å². The maximum absolute atomic E-state index is 6.45. The van der Waals surface area contributed by atoms with Crippen LogP contribution in [0.1, 0.15) is 84.1 Å². The second-order valence-corrected chi connectivity index (χ2v) is 7.79. The molecule has 2 nitrogen and oxygen atoms in total. The van der Waals surface area contributed by atoms with Crippen LogP contribution in [-0.2, 0) is 12.5 Å². The molecule has 1 atom stereocenters. The Hall–Kier alpha value is 0.230. The fraction of sp³-hybridized carbons (Fsp3) is 0.824. The zero-order valence-electron chi connectivity index (χ0n) is 14.0. The van der Waals surface area contributed by atoms with Crippen molar-refractivity contribution in [3.8, 4) is 0 Å². The molecule has 0 saturated carbocycles. The largest absolute Gasteiger partial charge is 0.261 e. The van der Waals surface area contributed by atoms with E-state index in [0.29, 0.717) is 5.15 Å². The quantitative estimate of drug-likeness (QED) is 0.310. The molecule has 21 heavy (non-hydrogen) atoms. The minimum atomic E-state index is 0.171. The number of aryl methyl sites for hydroxylation is 1. The first-order valence-corrected chi connectivity index (χ1v) is 9.80. The summed E-state index contributed by atoms with van der Waals surface area (Å²) in [5, 5.41) is 5.13. The molecule has 1 heterocycles. The zero-order chi connectivity index (χ0) is 15.9. The van der Waals surface area contributed by atoms with Crippen LogP contribution in [0.4, 0.5) is 0 Å². The van der Waals surface area contributed by atoms with Gasteiger partial charge in [-0.25, -0.2) is 0 Å². The summed E-state index contributed by atoms with van der Waals surface area (Å²) in [5.74, 6) is 0. The van der Waals surface area contributed by atoms with E-state index in [9.17, 15) is 0 Å². The minimum absolute atomic E-state index is 0.171. The molecule has 1 aromatic rings. The predicted molar refractivity (Wildman–Crippen MR) is 101 cm³/mol. The van der Waals surface area contributed by atoms with Gasteiger partial charge in [-0.3, -0.25) is 4.68 Å². The van der Waals surface area contributed by atoms with Crippen molar-refractivity contribution in [1.29, 1.82) is 0 Å². The highest BCUT2D eigenvalue weighted by Gasteiger charge is 2.32. The molecule has 0 aliphatic carbocycles. The summed E-state index contributed by atoms with van der Waals surface area (Å²) in [4.78, 5) is 0. The second kappa shape index (κ2) is 9.39. The number of hydrogen-bond donors (Lipinski definition) is 0. The fourth-order valence-corrected chi connectivity index (χ4v) is 4.66. The van der Waals surface area contributed by atoms with E-state index in [1.807, 2.05) is 11.7 Å². The van der Waals surface area contributed by atoms with Crippen LogP contribution in [0.3, 0.4) is 0 Å². The third-order valence-corrected chi connectivity index (χ3v) is 5.95. The van der Waals surface area contributed by atoms with Crippen molar-refractivity contribution in [1.82, 2.24) is 9.78 Å². The van der Waals surface area contributed by atoms with Crippen molar-refractivity contribution < 1.29 is 0 Å². The Labute approximate surface area is 149 Å². The lowest BCUT2D eigenvalue weighted by molar-refractivity contribution is 0.364. The highest BCUT2D eigenvalue weighted by Crippen LogP contribution is 2.41. The van der Waals surface area contributed by atoms with E-state index >= 15 is 0 Å². The Bertz CT molecular complexity index is 431. The van der Waals surface area contributed by atoms with Gasteiger partial charge in [-0.15, -0.1) is 0 Å². The summed E-state index contributed by atoms with van der Waals surface area (Å²) in [7, 11) is 1.99. The highest BCUT2D eigenvalue weighted by molar-refractivity contribution is 14.1. The molecule has 1 unspecified atom stereocenters. The van der Waals surface area contributed by atoms with Gasteiger partial charge in [-0.1, -0.05) is 77.3 Å². The van der Waals surface area contributed by atoms with Gasteiger partial charge in [0.1, 0.15) is 3.70 Å². The van der Waals surface area contributed by atoms with Crippen molar-refractivity contribution >= 4 is 34.2 Å². The van der Waals surface area contributed by atoms with Crippen molar-refractivity contribution in [2.45, 2.75) is 84.0 Å². The number of aromatic nitrogens is 2. The monoisotopic (exact) mass is 424 g/mol. The van der Waals surface area contributed by atoms with E-state index in [1.165, 1.54) is 67.1 Å². The number of rotatable bonds is 10. The van der Waals surface area contributed by atoms with Gasteiger partial charge >= 0.3 is 0 Å². The third kappa shape index (κ3) is 5.42. The molecule has 0 aliphatic rings. The van der Waals surface area contributed by atoms with E-state index in [0.717, 1.165) is 0 Å². The molecule has 0 aliphatic heterocycles. The van der Waals surface area contributed by atoms with Crippen molar-refractivity contribution in [3.05, 3.63) is 14.4 Å². The van der Waals surface area contributed by atoms with Crippen LogP contribution in [0.25, 0.3) is 0 Å². The lowest BCUT2D eigenvalue weighted by Gasteiger charge is -2.30. The van der Waals surface area contributed by atoms with Crippen molar-refractivity contribution in [2.24, 2.45) is 7.05 Å². The van der Waals surface area contributed by atoms with Gasteiger partial charge in [0.25, 0.3) is 0 Å². The van der Waals surface area contributed by atoms with Crippen LogP contribution < -0.4 is 0 Å². The maximum atomic E-state index is 6.45. The standard InChI is InChI=1S/C17H30ClIN2/c1-5-7-9-11-13-17(3,12-10-8-6-2)14-15(18)20-21(4)16(14)19/h5-13H2,1-4H3. The van der Waals surface area contributed by atoms with Gasteiger partial charge in [0.05, 0.1) is 0 Å². The van der Waals surface area contributed by atoms with Crippen LogP contribution in [-0.4, -0.2) is 9.78 Å². The fourth-order valence-electron chi connectivity index (χ4n) is 3.05. The summed E-state index contributed by atoms with van der Waals surface area (Å²) in [6.07, 6.45) is 11.5. The number of halogens is 2. The lowest BCUT2D eigenvalue weighted by atomic mass is 9.75. The van der Waals surface area contributed by atoms with E-state index in [4.69, 9.17) is 11.6 Å². The minimum Gasteiger partial charge on any atom is -0.261 e. The van der Waals surface area contributed by atoms with Crippen molar-refractivity contribution in [3.63, 3.8) is 0 Å². The first-order chi connectivity index (χ1) is 9.96. The van der Waals surface area contributed by atoms with Gasteiger partial charge in [0.2, 0.25) is 0 Å². The Balaban J connectivity index is 2.88. The first kappa shape index (κ1) is 19.3. The molecule has 0 radical (unpaired) electrons. The zero-order valence-corrected chi connectivity index (χ0v) is 16.9. The van der Waals surface area contributed by atoms with Crippen LogP contribution in [0.15, 0.2) is 0 Å². The molecule has 0 amide bonds. The Morgan fingerprint density at radius 2 is 1.57 bits per heavy atom.